The molecule has 0 aliphatic heterocycles. The van der Waals surface area contributed by atoms with Crippen molar-refractivity contribution in [1.29, 1.82) is 0 Å². The number of anilines is 1. The molecule has 0 bridgehead atoms. The number of carbonyl (C=O) groups is 1. The van der Waals surface area contributed by atoms with E-state index in [1.807, 2.05) is 48.9 Å². The van der Waals surface area contributed by atoms with Crippen LogP contribution in [-0.2, 0) is 4.79 Å². The SMILES string of the molecule is Cc1ccc(-n2nc(C)cc2NC(=O)CSc2nnnn2C2CCCCC2)cc1. The average Bonchev–Trinajstić information content (AvgIpc) is 3.34. The molecule has 0 radical (unpaired) electrons. The average molecular weight is 412 g/mol. The maximum Gasteiger partial charge on any atom is 0.236 e. The summed E-state index contributed by atoms with van der Waals surface area (Å²) in [6.45, 7) is 3.95. The van der Waals surface area contributed by atoms with Gasteiger partial charge in [-0.2, -0.15) is 5.10 Å². The van der Waals surface area contributed by atoms with Gasteiger partial charge in [0.2, 0.25) is 11.1 Å². The summed E-state index contributed by atoms with van der Waals surface area (Å²) in [6.07, 6.45) is 5.88. The van der Waals surface area contributed by atoms with Crippen LogP contribution in [0.2, 0.25) is 0 Å². The van der Waals surface area contributed by atoms with E-state index in [4.69, 9.17) is 0 Å². The molecule has 1 aromatic carbocycles. The van der Waals surface area contributed by atoms with Crippen LogP contribution in [0.4, 0.5) is 5.82 Å². The van der Waals surface area contributed by atoms with Crippen molar-refractivity contribution in [2.45, 2.75) is 57.1 Å². The summed E-state index contributed by atoms with van der Waals surface area (Å²) in [4.78, 5) is 12.6. The van der Waals surface area contributed by atoms with Gasteiger partial charge in [-0.1, -0.05) is 48.7 Å². The van der Waals surface area contributed by atoms with Crippen molar-refractivity contribution in [3.63, 3.8) is 0 Å². The first-order chi connectivity index (χ1) is 14.1. The first kappa shape index (κ1) is 19.6. The van der Waals surface area contributed by atoms with Crippen molar-refractivity contribution in [2.75, 3.05) is 11.1 Å². The molecule has 1 N–H and O–H groups in total. The van der Waals surface area contributed by atoms with Gasteiger partial charge in [0.05, 0.1) is 23.2 Å². The van der Waals surface area contributed by atoms with Crippen LogP contribution in [0, 0.1) is 13.8 Å². The fraction of sp³-hybridized carbons (Fsp3) is 0.450. The zero-order valence-electron chi connectivity index (χ0n) is 16.7. The van der Waals surface area contributed by atoms with Gasteiger partial charge in [-0.05, 0) is 49.2 Å². The largest absolute Gasteiger partial charge is 0.310 e. The topological polar surface area (TPSA) is 90.5 Å². The number of amides is 1. The number of carbonyl (C=O) groups excluding carboxylic acids is 1. The molecule has 1 aliphatic rings. The van der Waals surface area contributed by atoms with E-state index in [9.17, 15) is 4.79 Å². The van der Waals surface area contributed by atoms with Gasteiger partial charge >= 0.3 is 0 Å². The molecule has 1 aliphatic carbocycles. The number of hydrogen-bond donors (Lipinski definition) is 1. The number of nitrogens with one attached hydrogen (secondary N) is 1. The summed E-state index contributed by atoms with van der Waals surface area (Å²) in [5.74, 6) is 0.788. The van der Waals surface area contributed by atoms with Gasteiger partial charge in [0.1, 0.15) is 5.82 Å². The number of aryl methyl sites for hydroxylation is 2. The molecular weight excluding hydrogens is 386 g/mol. The monoisotopic (exact) mass is 411 g/mol. The predicted molar refractivity (Wildman–Crippen MR) is 112 cm³/mol. The van der Waals surface area contributed by atoms with Crippen LogP contribution in [0.25, 0.3) is 5.69 Å². The molecule has 0 saturated heterocycles. The van der Waals surface area contributed by atoms with Crippen molar-refractivity contribution in [3.05, 3.63) is 41.6 Å². The third-order valence-corrected chi connectivity index (χ3v) is 6.03. The quantitative estimate of drug-likeness (QED) is 0.622. The van der Waals surface area contributed by atoms with Crippen LogP contribution < -0.4 is 5.32 Å². The lowest BCUT2D eigenvalue weighted by molar-refractivity contribution is -0.113. The molecule has 0 spiro atoms. The van der Waals surface area contributed by atoms with Gasteiger partial charge in [-0.15, -0.1) is 5.10 Å². The summed E-state index contributed by atoms with van der Waals surface area (Å²) in [7, 11) is 0. The molecule has 8 nitrogen and oxygen atoms in total. The smallest absolute Gasteiger partial charge is 0.236 e. The number of benzene rings is 1. The Morgan fingerprint density at radius 1 is 1.17 bits per heavy atom. The Hall–Kier alpha value is -2.68. The second kappa shape index (κ2) is 8.77. The minimum Gasteiger partial charge on any atom is -0.310 e. The zero-order valence-corrected chi connectivity index (χ0v) is 17.5. The molecule has 1 amide bonds. The molecule has 4 rings (SSSR count). The normalized spacial score (nSPS) is 14.8. The molecule has 1 fully saturated rings. The Kier molecular flexibility index (Phi) is 5.94. The number of nitrogens with zero attached hydrogens (tertiary/aromatic N) is 6. The van der Waals surface area contributed by atoms with Gasteiger partial charge in [0, 0.05) is 6.07 Å². The highest BCUT2D eigenvalue weighted by Crippen LogP contribution is 2.30. The number of hydrogen-bond acceptors (Lipinski definition) is 6. The molecule has 3 aromatic rings. The highest BCUT2D eigenvalue weighted by Gasteiger charge is 2.21. The van der Waals surface area contributed by atoms with E-state index in [-0.39, 0.29) is 11.7 Å². The Labute approximate surface area is 174 Å². The van der Waals surface area contributed by atoms with Gasteiger partial charge in [-0.3, -0.25) is 4.79 Å². The minimum absolute atomic E-state index is 0.110. The van der Waals surface area contributed by atoms with E-state index in [1.165, 1.54) is 36.6 Å². The number of aromatic nitrogens is 6. The third-order valence-electron chi connectivity index (χ3n) is 5.09. The summed E-state index contributed by atoms with van der Waals surface area (Å²) in [6, 6.07) is 10.2. The number of thioether (sulfide) groups is 1. The number of tetrazole rings is 1. The van der Waals surface area contributed by atoms with Crippen LogP contribution in [-0.4, -0.2) is 41.6 Å². The molecule has 1 saturated carbocycles. The lowest BCUT2D eigenvalue weighted by Gasteiger charge is -2.21. The van der Waals surface area contributed by atoms with E-state index in [0.717, 1.165) is 24.2 Å². The molecule has 2 aromatic heterocycles. The third kappa shape index (κ3) is 4.67. The van der Waals surface area contributed by atoms with Crippen molar-refractivity contribution in [3.8, 4) is 5.69 Å². The summed E-state index contributed by atoms with van der Waals surface area (Å²) in [5.41, 5.74) is 2.93. The highest BCUT2D eigenvalue weighted by molar-refractivity contribution is 7.99. The van der Waals surface area contributed by atoms with Crippen LogP contribution in [0.3, 0.4) is 0 Å². The lowest BCUT2D eigenvalue weighted by atomic mass is 9.96. The summed E-state index contributed by atoms with van der Waals surface area (Å²) >= 11 is 1.37. The van der Waals surface area contributed by atoms with E-state index in [1.54, 1.807) is 4.68 Å². The number of rotatable bonds is 6. The maximum atomic E-state index is 12.6. The van der Waals surface area contributed by atoms with Crippen molar-refractivity contribution in [1.82, 2.24) is 30.0 Å². The minimum atomic E-state index is -0.110. The van der Waals surface area contributed by atoms with Crippen molar-refractivity contribution < 1.29 is 4.79 Å². The van der Waals surface area contributed by atoms with Gasteiger partial charge in [-0.25, -0.2) is 9.36 Å². The van der Waals surface area contributed by atoms with Gasteiger partial charge in [0.15, 0.2) is 0 Å². The predicted octanol–water partition coefficient (Wildman–Crippen LogP) is 3.71. The first-order valence-electron chi connectivity index (χ1n) is 9.94. The maximum absolute atomic E-state index is 12.6. The Morgan fingerprint density at radius 3 is 2.69 bits per heavy atom. The second-order valence-electron chi connectivity index (χ2n) is 7.45. The van der Waals surface area contributed by atoms with E-state index in [2.05, 4.69) is 25.9 Å². The molecule has 2 heterocycles. The highest BCUT2D eigenvalue weighted by atomic mass is 32.2. The van der Waals surface area contributed by atoms with Crippen LogP contribution >= 0.6 is 11.8 Å². The first-order valence-corrected chi connectivity index (χ1v) is 10.9. The van der Waals surface area contributed by atoms with Gasteiger partial charge < -0.3 is 5.32 Å². The van der Waals surface area contributed by atoms with Crippen LogP contribution in [0.1, 0.15) is 49.4 Å². The van der Waals surface area contributed by atoms with E-state index >= 15 is 0 Å². The molecule has 0 atom stereocenters. The lowest BCUT2D eigenvalue weighted by Crippen LogP contribution is -2.18. The Morgan fingerprint density at radius 2 is 1.93 bits per heavy atom. The summed E-state index contributed by atoms with van der Waals surface area (Å²) in [5, 5.41) is 20.3. The zero-order chi connectivity index (χ0) is 20.2. The van der Waals surface area contributed by atoms with Gasteiger partial charge in [0.25, 0.3) is 0 Å². The van der Waals surface area contributed by atoms with E-state index in [0.29, 0.717) is 17.0 Å². The fourth-order valence-corrected chi connectivity index (χ4v) is 4.36. The Bertz CT molecular complexity index is 973. The van der Waals surface area contributed by atoms with Crippen LogP contribution in [0.15, 0.2) is 35.5 Å². The van der Waals surface area contributed by atoms with Crippen LogP contribution in [0.5, 0.6) is 0 Å². The fourth-order valence-electron chi connectivity index (χ4n) is 3.62. The second-order valence-corrected chi connectivity index (χ2v) is 8.40. The molecule has 29 heavy (non-hydrogen) atoms. The Balaban J connectivity index is 1.41. The standard InChI is InChI=1S/C20H25N7OS/c1-14-8-10-17(11-9-14)26-18(12-15(2)23-26)21-19(28)13-29-20-22-24-25-27(20)16-6-4-3-5-7-16/h8-12,16H,3-7,13H2,1-2H3,(H,21,28). The van der Waals surface area contributed by atoms with E-state index < -0.39 is 0 Å². The van der Waals surface area contributed by atoms with Crippen molar-refractivity contribution >= 4 is 23.5 Å². The molecule has 9 heteroatoms. The van der Waals surface area contributed by atoms with Crippen molar-refractivity contribution in [2.24, 2.45) is 0 Å². The molecule has 0 unspecified atom stereocenters. The molecular formula is C20H25N7OS. The molecule has 152 valence electrons. The summed E-state index contributed by atoms with van der Waals surface area (Å²) < 4.78 is 3.64.